The third-order valence-electron chi connectivity index (χ3n) is 2.81. The van der Waals surface area contributed by atoms with Gasteiger partial charge in [0.25, 0.3) is 0 Å². The summed E-state index contributed by atoms with van der Waals surface area (Å²) >= 11 is 0. The average Bonchev–Trinajstić information content (AvgIpc) is 2.87. The maximum absolute atomic E-state index is 5.52. The quantitative estimate of drug-likeness (QED) is 0.858. The van der Waals surface area contributed by atoms with Gasteiger partial charge in [0.1, 0.15) is 12.3 Å². The van der Waals surface area contributed by atoms with Crippen LogP contribution in [0.1, 0.15) is 36.9 Å². The zero-order chi connectivity index (χ0) is 13.8. The van der Waals surface area contributed by atoms with Crippen LogP contribution in [-0.2, 0) is 13.1 Å². The molecule has 0 saturated heterocycles. The molecule has 0 spiro atoms. The Morgan fingerprint density at radius 2 is 2.16 bits per heavy atom. The normalized spacial score (nSPS) is 11.4. The van der Waals surface area contributed by atoms with Crippen LogP contribution in [0.25, 0.3) is 0 Å². The van der Waals surface area contributed by atoms with E-state index >= 15 is 0 Å². The van der Waals surface area contributed by atoms with Gasteiger partial charge in [-0.3, -0.25) is 0 Å². The van der Waals surface area contributed by atoms with Gasteiger partial charge in [-0.1, -0.05) is 19.1 Å². The number of hydrogen-bond donors (Lipinski definition) is 1. The van der Waals surface area contributed by atoms with E-state index in [2.05, 4.69) is 34.5 Å². The molecule has 0 aliphatic carbocycles. The Bertz CT molecular complexity index is 509. The molecule has 2 rings (SSSR count). The second-order valence-electron chi connectivity index (χ2n) is 5.18. The zero-order valence-electron chi connectivity index (χ0n) is 12.0. The smallest absolute Gasteiger partial charge is 0.216 e. The van der Waals surface area contributed by atoms with Gasteiger partial charge in [-0.15, -0.1) is 5.10 Å². The van der Waals surface area contributed by atoms with E-state index in [1.165, 1.54) is 0 Å². The van der Waals surface area contributed by atoms with Gasteiger partial charge in [-0.05, 0) is 26.3 Å². The minimum absolute atomic E-state index is 0.520. The summed E-state index contributed by atoms with van der Waals surface area (Å²) in [4.78, 5) is 4.33. The average molecular weight is 263 g/mol. The van der Waals surface area contributed by atoms with Crippen molar-refractivity contribution in [2.24, 2.45) is 5.92 Å². The number of nitrogens with zero attached hydrogens (tertiary/aromatic N) is 4. The Morgan fingerprint density at radius 1 is 1.37 bits per heavy atom. The third-order valence-corrected chi connectivity index (χ3v) is 2.81. The van der Waals surface area contributed by atoms with Crippen LogP contribution in [0.2, 0.25) is 0 Å². The molecule has 0 fully saturated rings. The van der Waals surface area contributed by atoms with Gasteiger partial charge >= 0.3 is 0 Å². The van der Waals surface area contributed by atoms with Crippen molar-refractivity contribution in [1.29, 1.82) is 0 Å². The van der Waals surface area contributed by atoms with Crippen molar-refractivity contribution in [3.63, 3.8) is 0 Å². The second kappa shape index (κ2) is 5.97. The van der Waals surface area contributed by atoms with E-state index in [1.54, 1.807) is 4.68 Å². The Morgan fingerprint density at radius 3 is 2.79 bits per heavy atom. The molecular formula is C13H21N5O. The highest BCUT2D eigenvalue weighted by molar-refractivity contribution is 5.05. The van der Waals surface area contributed by atoms with E-state index in [0.29, 0.717) is 18.4 Å². The maximum Gasteiger partial charge on any atom is 0.216 e. The van der Waals surface area contributed by atoms with Gasteiger partial charge < -0.3 is 9.73 Å². The fraction of sp³-hybridized carbons (Fsp3) is 0.615. The summed E-state index contributed by atoms with van der Waals surface area (Å²) in [6.07, 6.45) is 1.92. The van der Waals surface area contributed by atoms with Gasteiger partial charge in [0, 0.05) is 6.54 Å². The molecule has 0 bridgehead atoms. The van der Waals surface area contributed by atoms with E-state index in [0.717, 1.165) is 30.2 Å². The Balaban J connectivity index is 1.90. The lowest BCUT2D eigenvalue weighted by molar-refractivity contribution is 0.442. The molecule has 19 heavy (non-hydrogen) atoms. The Kier molecular flexibility index (Phi) is 4.31. The van der Waals surface area contributed by atoms with Crippen LogP contribution in [0.15, 0.2) is 10.6 Å². The second-order valence-corrected chi connectivity index (χ2v) is 5.18. The van der Waals surface area contributed by atoms with Gasteiger partial charge in [0.2, 0.25) is 5.89 Å². The van der Waals surface area contributed by atoms with Crippen LogP contribution in [0.3, 0.4) is 0 Å². The fourth-order valence-corrected chi connectivity index (χ4v) is 1.73. The molecular weight excluding hydrogens is 242 g/mol. The van der Waals surface area contributed by atoms with E-state index in [4.69, 9.17) is 4.42 Å². The molecule has 6 heteroatoms. The van der Waals surface area contributed by atoms with Crippen LogP contribution in [0.4, 0.5) is 0 Å². The first-order valence-electron chi connectivity index (χ1n) is 6.57. The molecule has 0 aromatic carbocycles. The Labute approximate surface area is 113 Å². The summed E-state index contributed by atoms with van der Waals surface area (Å²) in [6, 6.07) is 0. The molecule has 2 aromatic rings. The number of nitrogens with one attached hydrogen (secondary N) is 1. The SMILES string of the molecule is Cc1nc(Cn2cc(CNCC(C)C)nn2)oc1C. The topological polar surface area (TPSA) is 68.8 Å². The first-order valence-corrected chi connectivity index (χ1v) is 6.57. The van der Waals surface area contributed by atoms with E-state index in [-0.39, 0.29) is 0 Å². The molecule has 0 radical (unpaired) electrons. The highest BCUT2D eigenvalue weighted by Gasteiger charge is 2.08. The van der Waals surface area contributed by atoms with Crippen LogP contribution >= 0.6 is 0 Å². The number of aryl methyl sites for hydroxylation is 2. The lowest BCUT2D eigenvalue weighted by Gasteiger charge is -2.04. The Hall–Kier alpha value is -1.69. The highest BCUT2D eigenvalue weighted by Crippen LogP contribution is 2.09. The molecule has 6 nitrogen and oxygen atoms in total. The largest absolute Gasteiger partial charge is 0.444 e. The van der Waals surface area contributed by atoms with Gasteiger partial charge in [0.15, 0.2) is 0 Å². The lowest BCUT2D eigenvalue weighted by Crippen LogP contribution is -2.19. The maximum atomic E-state index is 5.52. The molecule has 0 aliphatic heterocycles. The summed E-state index contributed by atoms with van der Waals surface area (Å²) in [5.74, 6) is 2.16. The summed E-state index contributed by atoms with van der Waals surface area (Å²) in [6.45, 7) is 10.4. The van der Waals surface area contributed by atoms with Crippen molar-refractivity contribution in [2.45, 2.75) is 40.8 Å². The standard InChI is InChI=1S/C13H21N5O/c1-9(2)5-14-6-12-7-18(17-16-12)8-13-15-10(3)11(4)19-13/h7,9,14H,5-6,8H2,1-4H3. The summed E-state index contributed by atoms with van der Waals surface area (Å²) in [5.41, 5.74) is 1.86. The van der Waals surface area contributed by atoms with Gasteiger partial charge in [0.05, 0.1) is 17.6 Å². The molecule has 0 unspecified atom stereocenters. The minimum Gasteiger partial charge on any atom is -0.444 e. The van der Waals surface area contributed by atoms with Crippen molar-refractivity contribution < 1.29 is 4.42 Å². The molecule has 0 atom stereocenters. The number of oxazole rings is 1. The van der Waals surface area contributed by atoms with Crippen molar-refractivity contribution in [3.05, 3.63) is 29.2 Å². The molecule has 0 saturated carbocycles. The third kappa shape index (κ3) is 3.89. The summed E-state index contributed by atoms with van der Waals surface area (Å²) in [5, 5.41) is 11.5. The molecule has 104 valence electrons. The highest BCUT2D eigenvalue weighted by atomic mass is 16.4. The van der Waals surface area contributed by atoms with Crippen LogP contribution in [-0.4, -0.2) is 26.5 Å². The van der Waals surface area contributed by atoms with Crippen LogP contribution < -0.4 is 5.32 Å². The number of rotatable bonds is 6. The fourth-order valence-electron chi connectivity index (χ4n) is 1.73. The van der Waals surface area contributed by atoms with Crippen molar-refractivity contribution in [1.82, 2.24) is 25.3 Å². The van der Waals surface area contributed by atoms with Crippen LogP contribution in [0, 0.1) is 19.8 Å². The molecule has 1 N–H and O–H groups in total. The lowest BCUT2D eigenvalue weighted by atomic mass is 10.2. The number of aromatic nitrogens is 4. The molecule has 0 aliphatic rings. The van der Waals surface area contributed by atoms with Crippen molar-refractivity contribution in [2.75, 3.05) is 6.54 Å². The van der Waals surface area contributed by atoms with E-state index in [1.807, 2.05) is 20.0 Å². The van der Waals surface area contributed by atoms with Crippen molar-refractivity contribution >= 4 is 0 Å². The first kappa shape index (κ1) is 13.7. The molecule has 2 aromatic heterocycles. The van der Waals surface area contributed by atoms with E-state index < -0.39 is 0 Å². The summed E-state index contributed by atoms with van der Waals surface area (Å²) in [7, 11) is 0. The van der Waals surface area contributed by atoms with Crippen molar-refractivity contribution in [3.8, 4) is 0 Å². The first-order chi connectivity index (χ1) is 9.04. The summed E-state index contributed by atoms with van der Waals surface area (Å²) < 4.78 is 7.27. The molecule has 2 heterocycles. The van der Waals surface area contributed by atoms with Gasteiger partial charge in [-0.25, -0.2) is 9.67 Å². The minimum atomic E-state index is 0.520. The predicted octanol–water partition coefficient (Wildman–Crippen LogP) is 1.68. The monoisotopic (exact) mass is 263 g/mol. The van der Waals surface area contributed by atoms with Crippen LogP contribution in [0.5, 0.6) is 0 Å². The number of hydrogen-bond acceptors (Lipinski definition) is 5. The zero-order valence-corrected chi connectivity index (χ0v) is 12.0. The van der Waals surface area contributed by atoms with Gasteiger partial charge in [-0.2, -0.15) is 0 Å². The molecule has 0 amide bonds. The van der Waals surface area contributed by atoms with E-state index in [9.17, 15) is 0 Å². The predicted molar refractivity (Wildman–Crippen MR) is 71.6 cm³/mol.